The molecule has 0 aromatic heterocycles. The maximum absolute atomic E-state index is 13.8. The average molecular weight is 582 g/mol. The Bertz CT molecular complexity index is 816. The predicted molar refractivity (Wildman–Crippen MR) is 99.8 cm³/mol. The molecule has 21 heteroatoms. The fourth-order valence-corrected chi connectivity index (χ4v) is 3.11. The lowest BCUT2D eigenvalue weighted by molar-refractivity contribution is -0.212. The maximum atomic E-state index is 13.8. The van der Waals surface area contributed by atoms with Gasteiger partial charge in [-0.15, -0.1) is 24.2 Å². The SMILES string of the molecule is COC(=O)/C=C\C(=O)OCCCC(F)(F)C(F)(F)S(=O)(=O)COOS(F)(F)COOS(C)(F)F. The molecule has 0 aliphatic carbocycles. The van der Waals surface area contributed by atoms with Crippen LogP contribution in [-0.2, 0) is 47.3 Å². The average Bonchev–Trinajstić information content (AvgIpc) is 2.67. The summed E-state index contributed by atoms with van der Waals surface area (Å²) in [6.07, 6.45) is -1.46. The van der Waals surface area contributed by atoms with Crippen molar-refractivity contribution in [3.05, 3.63) is 12.2 Å². The molecule has 0 N–H and O–H groups in total. The van der Waals surface area contributed by atoms with E-state index >= 15 is 0 Å². The van der Waals surface area contributed by atoms with Gasteiger partial charge in [0.2, 0.25) is 20.9 Å². The highest BCUT2D eigenvalue weighted by Gasteiger charge is 2.65. The number of hydrogen-bond donors (Lipinski definition) is 0. The Labute approximate surface area is 191 Å². The van der Waals surface area contributed by atoms with E-state index in [1.54, 1.807) is 0 Å². The Morgan fingerprint density at radius 1 is 0.882 bits per heavy atom. The number of hydrogen-bond acceptors (Lipinski definition) is 10. The number of alkyl halides is 4. The van der Waals surface area contributed by atoms with Crippen LogP contribution in [0.4, 0.5) is 33.1 Å². The van der Waals surface area contributed by atoms with E-state index in [1.807, 2.05) is 0 Å². The summed E-state index contributed by atoms with van der Waals surface area (Å²) in [6, 6.07) is 0. The third-order valence-corrected chi connectivity index (χ3v) is 5.44. The molecule has 34 heavy (non-hydrogen) atoms. The molecule has 204 valence electrons. The first-order chi connectivity index (χ1) is 15.3. The van der Waals surface area contributed by atoms with Crippen molar-refractivity contribution >= 4 is 43.9 Å². The molecular weight excluding hydrogens is 564 g/mol. The Morgan fingerprint density at radius 2 is 1.41 bits per heavy atom. The van der Waals surface area contributed by atoms with Gasteiger partial charge in [0.25, 0.3) is 0 Å². The number of halogens is 8. The van der Waals surface area contributed by atoms with Crippen molar-refractivity contribution in [3.8, 4) is 0 Å². The van der Waals surface area contributed by atoms with Crippen molar-refractivity contribution in [1.82, 2.24) is 0 Å². The molecule has 10 nitrogen and oxygen atoms in total. The fraction of sp³-hybridized carbons (Fsp3) is 0.692. The van der Waals surface area contributed by atoms with Gasteiger partial charge < -0.3 is 9.47 Å². The van der Waals surface area contributed by atoms with Crippen LogP contribution >= 0.6 is 22.2 Å². The second-order valence-electron chi connectivity index (χ2n) is 5.75. The van der Waals surface area contributed by atoms with Crippen LogP contribution in [0, 0.1) is 0 Å². The number of ether oxygens (including phenoxy) is 2. The Balaban J connectivity index is 4.74. The van der Waals surface area contributed by atoms with Crippen LogP contribution in [0.3, 0.4) is 0 Å². The molecule has 0 atom stereocenters. The number of rotatable bonds is 16. The molecule has 0 aromatic carbocycles. The molecule has 0 bridgehead atoms. The van der Waals surface area contributed by atoms with Gasteiger partial charge in [-0.25, -0.2) is 27.8 Å². The smallest absolute Gasteiger partial charge is 0.409 e. The lowest BCUT2D eigenvalue weighted by Gasteiger charge is -2.26. The molecule has 0 heterocycles. The van der Waals surface area contributed by atoms with E-state index in [2.05, 4.69) is 27.9 Å². The first-order valence-corrected chi connectivity index (χ1v) is 13.1. The molecule has 0 spiro atoms. The van der Waals surface area contributed by atoms with Gasteiger partial charge in [-0.1, -0.05) is 0 Å². The zero-order valence-electron chi connectivity index (χ0n) is 17.0. The number of esters is 2. The third kappa shape index (κ3) is 11.8. The second kappa shape index (κ2) is 13.1. The molecule has 0 radical (unpaired) electrons. The van der Waals surface area contributed by atoms with E-state index in [4.69, 9.17) is 0 Å². The van der Waals surface area contributed by atoms with Crippen molar-refractivity contribution in [2.45, 2.75) is 24.0 Å². The molecule has 0 unspecified atom stereocenters. The van der Waals surface area contributed by atoms with Gasteiger partial charge in [-0.05, 0) is 6.42 Å². The van der Waals surface area contributed by atoms with Crippen molar-refractivity contribution in [3.63, 3.8) is 0 Å². The monoisotopic (exact) mass is 582 g/mol. The Kier molecular flexibility index (Phi) is 12.5. The van der Waals surface area contributed by atoms with Gasteiger partial charge in [-0.3, -0.25) is 0 Å². The van der Waals surface area contributed by atoms with Crippen LogP contribution in [-0.4, -0.2) is 63.4 Å². The van der Waals surface area contributed by atoms with Crippen molar-refractivity contribution in [2.24, 2.45) is 0 Å². The normalized spacial score (nSPS) is 14.8. The van der Waals surface area contributed by atoms with Gasteiger partial charge in [0.15, 0.2) is 23.0 Å². The molecule has 0 aliphatic heterocycles. The van der Waals surface area contributed by atoms with Crippen molar-refractivity contribution < 1.29 is 79.0 Å². The van der Waals surface area contributed by atoms with E-state index in [0.29, 0.717) is 12.2 Å². The lowest BCUT2D eigenvalue weighted by Crippen LogP contribution is -2.48. The molecule has 0 aliphatic rings. The van der Waals surface area contributed by atoms with E-state index in [0.717, 1.165) is 7.11 Å². The summed E-state index contributed by atoms with van der Waals surface area (Å²) >= 11 is -10.4. The quantitative estimate of drug-likeness (QED) is 0.0656. The van der Waals surface area contributed by atoms with Gasteiger partial charge in [-0.2, -0.15) is 17.6 Å². The van der Waals surface area contributed by atoms with Gasteiger partial charge >= 0.3 is 23.1 Å². The van der Waals surface area contributed by atoms with Crippen molar-refractivity contribution in [1.29, 1.82) is 0 Å². The molecule has 0 aromatic rings. The van der Waals surface area contributed by atoms with Crippen LogP contribution in [0.25, 0.3) is 0 Å². The first kappa shape index (κ1) is 32.6. The largest absolute Gasteiger partial charge is 0.466 e. The summed E-state index contributed by atoms with van der Waals surface area (Å²) in [5.74, 6) is -11.9. The van der Waals surface area contributed by atoms with E-state index < -0.39 is 86.4 Å². The van der Waals surface area contributed by atoms with Gasteiger partial charge in [0.1, 0.15) is 0 Å². The summed E-state index contributed by atoms with van der Waals surface area (Å²) in [5, 5.41) is -5.84. The number of carbonyl (C=O) groups is 2. The highest BCUT2D eigenvalue weighted by Crippen LogP contribution is 2.55. The first-order valence-electron chi connectivity index (χ1n) is 8.17. The molecule has 0 fully saturated rings. The van der Waals surface area contributed by atoms with Crippen molar-refractivity contribution in [2.75, 3.05) is 31.9 Å². The topological polar surface area (TPSA) is 124 Å². The molecule has 0 saturated heterocycles. The standard InChI is InChI=1S/C13H18F8O10S3/c1-26-10(22)4-5-11(23)27-7-3-6-12(14,15)13(16,17)33(24,25)8-28-31-34(20,21)9-29-30-32(2,18)19/h4-5H,3,6-9H2,1-2H3/b5-4-. The maximum Gasteiger partial charge on any atom is 0.409 e. The number of methoxy groups -OCH3 is 1. The zero-order chi connectivity index (χ0) is 26.8. The third-order valence-electron chi connectivity index (χ3n) is 2.96. The van der Waals surface area contributed by atoms with Gasteiger partial charge in [0, 0.05) is 24.8 Å². The van der Waals surface area contributed by atoms with Crippen LogP contribution in [0.5, 0.6) is 0 Å². The fourth-order valence-electron chi connectivity index (χ4n) is 1.50. The highest BCUT2D eigenvalue weighted by atomic mass is 32.3. The van der Waals surface area contributed by atoms with E-state index in [-0.39, 0.29) is 6.26 Å². The summed E-state index contributed by atoms with van der Waals surface area (Å²) in [5.41, 5.74) is 0. The minimum Gasteiger partial charge on any atom is -0.466 e. The summed E-state index contributed by atoms with van der Waals surface area (Å²) in [6.45, 7) is -0.883. The highest BCUT2D eigenvalue weighted by molar-refractivity contribution is 8.21. The zero-order valence-corrected chi connectivity index (χ0v) is 19.5. The number of sulfone groups is 1. The molecular formula is C13H18F8O10S3. The lowest BCUT2D eigenvalue weighted by atomic mass is 10.2. The Morgan fingerprint density at radius 3 is 1.94 bits per heavy atom. The van der Waals surface area contributed by atoms with Gasteiger partial charge in [0.05, 0.1) is 13.7 Å². The number of carbonyl (C=O) groups excluding carboxylic acids is 2. The van der Waals surface area contributed by atoms with Crippen LogP contribution in [0.2, 0.25) is 0 Å². The van der Waals surface area contributed by atoms with E-state index in [1.165, 1.54) is 0 Å². The summed E-state index contributed by atoms with van der Waals surface area (Å²) in [7, 11) is -5.28. The summed E-state index contributed by atoms with van der Waals surface area (Å²) in [4.78, 5) is 28.8. The molecule has 0 saturated carbocycles. The molecule has 0 rings (SSSR count). The Hall–Kier alpha value is -1.39. The van der Waals surface area contributed by atoms with E-state index in [9.17, 15) is 51.1 Å². The minimum atomic E-state index is -6.27. The van der Waals surface area contributed by atoms with Crippen LogP contribution < -0.4 is 0 Å². The van der Waals surface area contributed by atoms with Crippen LogP contribution in [0.1, 0.15) is 12.8 Å². The summed E-state index contributed by atoms with van der Waals surface area (Å²) < 4.78 is 144. The molecule has 0 amide bonds. The van der Waals surface area contributed by atoms with Crippen LogP contribution in [0.15, 0.2) is 12.2 Å². The predicted octanol–water partition coefficient (Wildman–Crippen LogP) is 4.10. The second-order valence-corrected chi connectivity index (χ2v) is 10.6. The minimum absolute atomic E-state index is 0.193.